The number of carbonyl (C=O) groups excluding carboxylic acids is 1. The number of guanidine groups is 1. The third kappa shape index (κ3) is 3.40. The number of benzene rings is 1. The number of aryl methyl sites for hydroxylation is 1. The molecule has 2 N–H and O–H groups in total. The lowest BCUT2D eigenvalue weighted by molar-refractivity contribution is -0.135. The smallest absolute Gasteiger partial charge is 0.235 e. The molecule has 0 saturated carbocycles. The Morgan fingerprint density at radius 2 is 2.17 bits per heavy atom. The van der Waals surface area contributed by atoms with E-state index >= 15 is 0 Å². The van der Waals surface area contributed by atoms with E-state index in [0.29, 0.717) is 12.2 Å². The van der Waals surface area contributed by atoms with Crippen molar-refractivity contribution in [1.29, 1.82) is 5.41 Å². The fraction of sp³-hybridized carbons (Fsp3) is 0.261. The number of amides is 1. The van der Waals surface area contributed by atoms with Crippen LogP contribution in [-0.2, 0) is 16.8 Å². The lowest BCUT2D eigenvalue weighted by atomic mass is 9.78. The van der Waals surface area contributed by atoms with Gasteiger partial charge in [-0.15, -0.1) is 17.8 Å². The summed E-state index contributed by atoms with van der Waals surface area (Å²) in [7, 11) is 1.61. The van der Waals surface area contributed by atoms with Crippen molar-refractivity contribution < 1.29 is 9.32 Å². The van der Waals surface area contributed by atoms with Crippen LogP contribution < -0.4 is 5.32 Å². The van der Waals surface area contributed by atoms with E-state index in [-0.39, 0.29) is 11.9 Å². The van der Waals surface area contributed by atoms with E-state index in [1.807, 2.05) is 44.2 Å². The molecule has 6 nitrogen and oxygen atoms in total. The molecule has 3 heterocycles. The van der Waals surface area contributed by atoms with Crippen molar-refractivity contribution >= 4 is 23.2 Å². The first kappa shape index (κ1) is 19.9. The molecule has 0 radical (unpaired) electrons. The quantitative estimate of drug-likeness (QED) is 0.632. The van der Waals surface area contributed by atoms with E-state index in [9.17, 15) is 4.79 Å². The van der Waals surface area contributed by atoms with Crippen molar-refractivity contribution in [3.8, 4) is 23.5 Å². The van der Waals surface area contributed by atoms with Crippen LogP contribution in [0.5, 0.6) is 0 Å². The van der Waals surface area contributed by atoms with Gasteiger partial charge in [-0.25, -0.2) is 0 Å². The number of nitrogens with zero attached hydrogens (tertiary/aromatic N) is 2. The van der Waals surface area contributed by atoms with Gasteiger partial charge in [0, 0.05) is 30.0 Å². The highest BCUT2D eigenvalue weighted by Crippen LogP contribution is 2.41. The third-order valence-electron chi connectivity index (χ3n) is 5.60. The van der Waals surface area contributed by atoms with Crippen molar-refractivity contribution in [3.63, 3.8) is 0 Å². The van der Waals surface area contributed by atoms with Crippen molar-refractivity contribution in [3.05, 3.63) is 63.7 Å². The first-order valence-corrected chi connectivity index (χ1v) is 10.4. The summed E-state index contributed by atoms with van der Waals surface area (Å²) in [5.41, 5.74) is 2.89. The number of aromatic nitrogens is 1. The summed E-state index contributed by atoms with van der Waals surface area (Å²) < 4.78 is 5.39. The fourth-order valence-electron chi connectivity index (χ4n) is 3.79. The summed E-state index contributed by atoms with van der Waals surface area (Å²) in [6, 6.07) is 11.7. The molecule has 4 rings (SSSR count). The molecule has 0 aliphatic carbocycles. The van der Waals surface area contributed by atoms with Crippen LogP contribution in [0.4, 0.5) is 0 Å². The van der Waals surface area contributed by atoms with Gasteiger partial charge in [0.2, 0.25) is 5.91 Å². The molecular formula is C23H22N4O2S. The Balaban J connectivity index is 1.73. The molecule has 1 aliphatic rings. The Morgan fingerprint density at radius 3 is 2.87 bits per heavy atom. The summed E-state index contributed by atoms with van der Waals surface area (Å²) in [6.07, 6.45) is 5.93. The molecule has 2 aromatic heterocycles. The minimum Gasteiger partial charge on any atom is -0.361 e. The Morgan fingerprint density at radius 1 is 1.37 bits per heavy atom. The summed E-state index contributed by atoms with van der Waals surface area (Å²) in [5, 5.41) is 17.5. The second kappa shape index (κ2) is 7.47. The van der Waals surface area contributed by atoms with Crippen LogP contribution in [0, 0.1) is 30.6 Å². The summed E-state index contributed by atoms with van der Waals surface area (Å²) in [6.45, 7) is 3.82. The van der Waals surface area contributed by atoms with Crippen molar-refractivity contribution in [2.75, 3.05) is 7.05 Å². The average Bonchev–Trinajstić information content (AvgIpc) is 3.39. The van der Waals surface area contributed by atoms with Crippen molar-refractivity contribution in [2.24, 2.45) is 5.92 Å². The number of rotatable bonds is 4. The van der Waals surface area contributed by atoms with Crippen LogP contribution in [0.15, 0.2) is 46.3 Å². The Labute approximate surface area is 179 Å². The van der Waals surface area contributed by atoms with Crippen LogP contribution in [0.1, 0.15) is 28.8 Å². The zero-order valence-corrected chi connectivity index (χ0v) is 17.8. The molecule has 152 valence electrons. The van der Waals surface area contributed by atoms with Crippen LogP contribution in [0.3, 0.4) is 0 Å². The maximum atomic E-state index is 13.2. The predicted molar refractivity (Wildman–Crippen MR) is 117 cm³/mol. The molecular weight excluding hydrogens is 396 g/mol. The molecule has 1 aromatic carbocycles. The molecule has 1 amide bonds. The van der Waals surface area contributed by atoms with Gasteiger partial charge in [-0.2, -0.15) is 0 Å². The van der Waals surface area contributed by atoms with Crippen LogP contribution in [0.2, 0.25) is 0 Å². The van der Waals surface area contributed by atoms with Crippen LogP contribution in [-0.4, -0.2) is 29.0 Å². The van der Waals surface area contributed by atoms with E-state index in [1.165, 1.54) is 4.90 Å². The monoisotopic (exact) mass is 418 g/mol. The minimum atomic E-state index is -0.756. The molecule has 0 bridgehead atoms. The molecule has 0 unspecified atom stereocenters. The van der Waals surface area contributed by atoms with Gasteiger partial charge in [0.15, 0.2) is 5.96 Å². The summed E-state index contributed by atoms with van der Waals surface area (Å²) in [5.74, 6) is 2.82. The second-order valence-corrected chi connectivity index (χ2v) is 8.60. The highest BCUT2D eigenvalue weighted by atomic mass is 32.1. The van der Waals surface area contributed by atoms with Gasteiger partial charge in [0.1, 0.15) is 5.76 Å². The number of terminal acetylenes is 1. The van der Waals surface area contributed by atoms with Gasteiger partial charge in [-0.05, 0) is 48.6 Å². The maximum absolute atomic E-state index is 13.2. The largest absolute Gasteiger partial charge is 0.361 e. The molecule has 0 spiro atoms. The number of nitrogens with one attached hydrogen (secondary N) is 2. The normalized spacial score (nSPS) is 21.4. The lowest BCUT2D eigenvalue weighted by Crippen LogP contribution is -2.64. The van der Waals surface area contributed by atoms with E-state index in [1.54, 1.807) is 18.4 Å². The SMILES string of the molecule is C#Cc1cccc(-c2csc([C@@]3(C)NC(=N)N(C)C(=O)[C@H]3Cc3cc(C)no3)c2)c1. The molecule has 2 atom stereocenters. The fourth-order valence-corrected chi connectivity index (χ4v) is 4.89. The van der Waals surface area contributed by atoms with Crippen molar-refractivity contribution in [2.45, 2.75) is 25.8 Å². The number of hydrogen-bond acceptors (Lipinski definition) is 5. The number of thiophene rings is 1. The van der Waals surface area contributed by atoms with Gasteiger partial charge in [-0.3, -0.25) is 15.1 Å². The Kier molecular flexibility index (Phi) is 4.96. The lowest BCUT2D eigenvalue weighted by Gasteiger charge is -2.44. The van der Waals surface area contributed by atoms with Gasteiger partial charge in [0.05, 0.1) is 17.2 Å². The number of hydrogen-bond donors (Lipinski definition) is 2. The third-order valence-corrected chi connectivity index (χ3v) is 6.76. The van der Waals surface area contributed by atoms with E-state index in [0.717, 1.165) is 27.3 Å². The second-order valence-electron chi connectivity index (χ2n) is 7.69. The highest BCUT2D eigenvalue weighted by molar-refractivity contribution is 7.10. The average molecular weight is 419 g/mol. The topological polar surface area (TPSA) is 82.2 Å². The van der Waals surface area contributed by atoms with Gasteiger partial charge < -0.3 is 9.84 Å². The Bertz CT molecular complexity index is 1170. The zero-order valence-electron chi connectivity index (χ0n) is 17.0. The Hall–Kier alpha value is -3.37. The molecule has 7 heteroatoms. The maximum Gasteiger partial charge on any atom is 0.235 e. The van der Waals surface area contributed by atoms with E-state index in [4.69, 9.17) is 16.4 Å². The molecule has 1 fully saturated rings. The molecule has 30 heavy (non-hydrogen) atoms. The number of carbonyl (C=O) groups is 1. The van der Waals surface area contributed by atoms with Crippen LogP contribution >= 0.6 is 11.3 Å². The minimum absolute atomic E-state index is 0.0804. The first-order chi connectivity index (χ1) is 14.3. The predicted octanol–water partition coefficient (Wildman–Crippen LogP) is 3.76. The molecule has 1 saturated heterocycles. The van der Waals surface area contributed by atoms with E-state index in [2.05, 4.69) is 27.8 Å². The van der Waals surface area contributed by atoms with Crippen molar-refractivity contribution in [1.82, 2.24) is 15.4 Å². The summed E-state index contributed by atoms with van der Waals surface area (Å²) >= 11 is 1.56. The van der Waals surface area contributed by atoms with Gasteiger partial charge in [0.25, 0.3) is 0 Å². The summed E-state index contributed by atoms with van der Waals surface area (Å²) in [4.78, 5) is 15.5. The highest BCUT2D eigenvalue weighted by Gasteiger charge is 2.48. The van der Waals surface area contributed by atoms with Gasteiger partial charge in [-0.1, -0.05) is 23.2 Å². The molecule has 1 aliphatic heterocycles. The van der Waals surface area contributed by atoms with E-state index < -0.39 is 11.5 Å². The standard InChI is InChI=1S/C23H22N4O2S/c1-5-15-7-6-8-16(10-15)17-11-20(30-13-17)23(3)19(12-18-9-14(2)26-29-18)21(28)27(4)22(24)25-23/h1,6-11,13,19H,12H2,2-4H3,(H2,24,25)/t19-,23+/m1/s1. The first-order valence-electron chi connectivity index (χ1n) is 9.54. The van der Waals surface area contributed by atoms with Gasteiger partial charge >= 0.3 is 0 Å². The molecule has 3 aromatic rings. The van der Waals surface area contributed by atoms with Crippen LogP contribution in [0.25, 0.3) is 11.1 Å². The zero-order chi connectivity index (χ0) is 21.5.